The zero-order valence-corrected chi connectivity index (χ0v) is 22.4. The van der Waals surface area contributed by atoms with E-state index in [4.69, 9.17) is 29.9 Å². The number of hydrogen-bond acceptors (Lipinski definition) is 7. The molecule has 1 fully saturated rings. The van der Waals surface area contributed by atoms with Crippen LogP contribution in [-0.2, 0) is 33.9 Å². The van der Waals surface area contributed by atoms with E-state index in [2.05, 4.69) is 6.07 Å². The highest BCUT2D eigenvalue weighted by atomic mass is 35.5. The first kappa shape index (κ1) is 27.0. The van der Waals surface area contributed by atoms with Crippen LogP contribution in [0.4, 0.5) is 4.79 Å². The fourth-order valence-corrected chi connectivity index (χ4v) is 6.37. The molecule has 0 radical (unpaired) electrons. The summed E-state index contributed by atoms with van der Waals surface area (Å²) in [6, 6.07) is 6.00. The second kappa shape index (κ2) is 9.79. The van der Waals surface area contributed by atoms with Crippen LogP contribution in [0.25, 0.3) is 0 Å². The Labute approximate surface area is 207 Å². The Morgan fingerprint density at radius 2 is 1.76 bits per heavy atom. The van der Waals surface area contributed by atoms with Gasteiger partial charge in [0.1, 0.15) is 11.7 Å². The minimum absolute atomic E-state index is 0.112. The van der Waals surface area contributed by atoms with E-state index in [0.29, 0.717) is 36.5 Å². The van der Waals surface area contributed by atoms with Crippen LogP contribution in [0, 0.1) is 18.3 Å². The standard InChI is InChI=1S/C24H34ClN2O6P/c1-7-30-34(29,31-8-2)33-24(16-26)15-23(18-14-20(25)17(3)13-19(18)24)9-11-27(12-10-23)21(28)32-22(4,5)6/h13-14H,7-12,15H2,1-6H3. The molecule has 0 N–H and O–H groups in total. The number of aryl methyl sites for hydroxylation is 1. The summed E-state index contributed by atoms with van der Waals surface area (Å²) in [6.45, 7) is 11.9. The second-order valence-electron chi connectivity index (χ2n) is 9.88. The molecule has 10 heteroatoms. The number of amides is 1. The average molecular weight is 513 g/mol. The fourth-order valence-electron chi connectivity index (χ4n) is 4.81. The lowest BCUT2D eigenvalue weighted by Crippen LogP contribution is -2.46. The van der Waals surface area contributed by atoms with Gasteiger partial charge in [0, 0.05) is 35.5 Å². The van der Waals surface area contributed by atoms with E-state index in [-0.39, 0.29) is 25.7 Å². The minimum atomic E-state index is -3.99. The number of phosphoric ester groups is 1. The molecule has 1 saturated heterocycles. The summed E-state index contributed by atoms with van der Waals surface area (Å²) in [5, 5.41) is 11.0. The first-order valence-electron chi connectivity index (χ1n) is 11.6. The Morgan fingerprint density at radius 3 is 2.26 bits per heavy atom. The Morgan fingerprint density at radius 1 is 1.18 bits per heavy atom. The van der Waals surface area contributed by atoms with Crippen LogP contribution < -0.4 is 0 Å². The van der Waals surface area contributed by atoms with Gasteiger partial charge >= 0.3 is 13.9 Å². The van der Waals surface area contributed by atoms with Gasteiger partial charge < -0.3 is 9.64 Å². The van der Waals surface area contributed by atoms with Gasteiger partial charge in [-0.1, -0.05) is 17.7 Å². The summed E-state index contributed by atoms with van der Waals surface area (Å²) in [5.74, 6) is 0. The zero-order chi connectivity index (χ0) is 25.4. The van der Waals surface area contributed by atoms with Gasteiger partial charge in [-0.05, 0) is 71.6 Å². The molecule has 0 bridgehead atoms. The number of benzene rings is 1. The molecule has 2 aliphatic rings. The van der Waals surface area contributed by atoms with Crippen LogP contribution >= 0.6 is 19.4 Å². The van der Waals surface area contributed by atoms with Crippen molar-refractivity contribution >= 4 is 25.5 Å². The molecular formula is C24H34ClN2O6P. The summed E-state index contributed by atoms with van der Waals surface area (Å²) in [5.41, 5.74) is -0.298. The number of hydrogen-bond donors (Lipinski definition) is 0. The average Bonchev–Trinajstić information content (AvgIpc) is 2.97. The van der Waals surface area contributed by atoms with Crippen molar-refractivity contribution in [3.05, 3.63) is 33.8 Å². The van der Waals surface area contributed by atoms with Crippen molar-refractivity contribution in [2.24, 2.45) is 0 Å². The topological polar surface area (TPSA) is 98.1 Å². The molecule has 0 aromatic heterocycles. The minimum Gasteiger partial charge on any atom is -0.444 e. The van der Waals surface area contributed by atoms with Crippen molar-refractivity contribution in [3.63, 3.8) is 0 Å². The van der Waals surface area contributed by atoms with Gasteiger partial charge in [0.05, 0.1) is 13.2 Å². The maximum absolute atomic E-state index is 13.3. The monoisotopic (exact) mass is 512 g/mol. The quantitative estimate of drug-likeness (QED) is 0.416. The Hall–Kier alpha value is -1.62. The van der Waals surface area contributed by atoms with Gasteiger partial charge in [0.15, 0.2) is 5.60 Å². The Balaban J connectivity index is 1.99. The molecule has 34 heavy (non-hydrogen) atoms. The molecule has 0 saturated carbocycles. The number of ether oxygens (including phenoxy) is 1. The van der Waals surface area contributed by atoms with Crippen molar-refractivity contribution in [1.82, 2.24) is 4.90 Å². The van der Waals surface area contributed by atoms with E-state index in [0.717, 1.165) is 11.1 Å². The summed E-state index contributed by atoms with van der Waals surface area (Å²) in [7, 11) is -3.99. The maximum Gasteiger partial charge on any atom is 0.476 e. The van der Waals surface area contributed by atoms with Crippen LogP contribution in [0.1, 0.15) is 70.6 Å². The maximum atomic E-state index is 13.3. The number of nitriles is 1. The normalized spacial score (nSPS) is 21.9. The first-order valence-corrected chi connectivity index (χ1v) is 13.5. The van der Waals surface area contributed by atoms with E-state index in [1.165, 1.54) is 0 Å². The number of rotatable bonds is 6. The predicted octanol–water partition coefficient (Wildman–Crippen LogP) is 6.24. The third kappa shape index (κ3) is 5.29. The summed E-state index contributed by atoms with van der Waals surface area (Å²) in [4.78, 5) is 14.3. The number of piperidine rings is 1. The first-order chi connectivity index (χ1) is 15.8. The third-order valence-electron chi connectivity index (χ3n) is 6.29. The van der Waals surface area contributed by atoms with Gasteiger partial charge in [-0.3, -0.25) is 13.6 Å². The number of carbonyl (C=O) groups is 1. The predicted molar refractivity (Wildman–Crippen MR) is 129 cm³/mol. The molecule has 1 aliphatic carbocycles. The van der Waals surface area contributed by atoms with Gasteiger partial charge in [0.25, 0.3) is 0 Å². The highest BCUT2D eigenvalue weighted by molar-refractivity contribution is 7.48. The number of fused-ring (bicyclic) bond motifs is 2. The highest BCUT2D eigenvalue weighted by Crippen LogP contribution is 2.63. The number of nitrogens with zero attached hydrogens (tertiary/aromatic N) is 2. The van der Waals surface area contributed by atoms with Crippen LogP contribution in [0.2, 0.25) is 5.02 Å². The fraction of sp³-hybridized carbons (Fsp3) is 0.667. The molecule has 3 rings (SSSR count). The van der Waals surface area contributed by atoms with Gasteiger partial charge in [-0.2, -0.15) is 5.26 Å². The smallest absolute Gasteiger partial charge is 0.444 e. The second-order valence-corrected chi connectivity index (χ2v) is 11.9. The molecule has 1 spiro atoms. The van der Waals surface area contributed by atoms with Gasteiger partial charge in [-0.15, -0.1) is 0 Å². The van der Waals surface area contributed by atoms with Crippen LogP contribution in [0.15, 0.2) is 12.1 Å². The summed E-state index contributed by atoms with van der Waals surface area (Å²) >= 11 is 6.50. The third-order valence-corrected chi connectivity index (χ3v) is 8.38. The van der Waals surface area contributed by atoms with Gasteiger partial charge in [-0.25, -0.2) is 9.36 Å². The van der Waals surface area contributed by atoms with Crippen molar-refractivity contribution in [2.45, 2.75) is 77.4 Å². The molecule has 1 aromatic rings. The van der Waals surface area contributed by atoms with E-state index < -0.39 is 24.4 Å². The summed E-state index contributed by atoms with van der Waals surface area (Å²) < 4.78 is 35.6. The zero-order valence-electron chi connectivity index (χ0n) is 20.8. The van der Waals surface area contributed by atoms with E-state index >= 15 is 0 Å². The largest absolute Gasteiger partial charge is 0.476 e. The van der Waals surface area contributed by atoms with Gasteiger partial charge in [0.2, 0.25) is 0 Å². The molecule has 1 heterocycles. The SMILES string of the molecule is CCOP(=O)(OCC)OC1(C#N)CC2(CCN(C(=O)OC(C)(C)C)CC2)c2cc(Cl)c(C)cc21. The molecule has 1 atom stereocenters. The molecule has 1 aliphatic heterocycles. The highest BCUT2D eigenvalue weighted by Gasteiger charge is 2.58. The van der Waals surface area contributed by atoms with E-state index in [1.54, 1.807) is 18.7 Å². The van der Waals surface area contributed by atoms with E-state index in [1.807, 2.05) is 39.8 Å². The van der Waals surface area contributed by atoms with E-state index in [9.17, 15) is 14.6 Å². The van der Waals surface area contributed by atoms with Crippen molar-refractivity contribution in [1.29, 1.82) is 5.26 Å². The van der Waals surface area contributed by atoms with Crippen molar-refractivity contribution in [3.8, 4) is 6.07 Å². The van der Waals surface area contributed by atoms with Crippen molar-refractivity contribution in [2.75, 3.05) is 26.3 Å². The van der Waals surface area contributed by atoms with Crippen LogP contribution in [0.5, 0.6) is 0 Å². The summed E-state index contributed by atoms with van der Waals surface area (Å²) in [6.07, 6.45) is 1.07. The van der Waals surface area contributed by atoms with Crippen LogP contribution in [0.3, 0.4) is 0 Å². The Bertz CT molecular complexity index is 1020. The van der Waals surface area contributed by atoms with Crippen LogP contribution in [-0.4, -0.2) is 42.9 Å². The lowest BCUT2D eigenvalue weighted by atomic mass is 9.73. The lowest BCUT2D eigenvalue weighted by molar-refractivity contribution is 0.00858. The molecule has 188 valence electrons. The number of likely N-dealkylation sites (tertiary alicyclic amines) is 1. The molecule has 8 nitrogen and oxygen atoms in total. The Kier molecular flexibility index (Phi) is 7.77. The molecule has 1 unspecified atom stereocenters. The molecule has 1 aromatic carbocycles. The number of halogens is 1. The molecular weight excluding hydrogens is 479 g/mol. The lowest BCUT2D eigenvalue weighted by Gasteiger charge is -2.41. The number of carbonyl (C=O) groups excluding carboxylic acids is 1. The molecule has 1 amide bonds. The van der Waals surface area contributed by atoms with Crippen molar-refractivity contribution < 1.29 is 27.7 Å². The number of phosphoric acid groups is 1.